The Hall–Kier alpha value is -3.57. The summed E-state index contributed by atoms with van der Waals surface area (Å²) in [5, 5.41) is 118. The summed E-state index contributed by atoms with van der Waals surface area (Å²) in [6.45, 7) is 6.74. The molecule has 0 radical (unpaired) electrons. The lowest BCUT2D eigenvalue weighted by Gasteiger charge is -2.45. The molecule has 0 aromatic heterocycles. The van der Waals surface area contributed by atoms with Gasteiger partial charge in [0, 0.05) is 31.1 Å². The summed E-state index contributed by atoms with van der Waals surface area (Å²) in [6.07, 6.45) is 3.49. The van der Waals surface area contributed by atoms with Crippen LogP contribution in [-0.4, -0.2) is 183 Å². The number of cyclic esters (lactones) is 1. The van der Waals surface area contributed by atoms with Crippen LogP contribution >= 0.6 is 0 Å². The Morgan fingerprint density at radius 3 is 1.71 bits per heavy atom. The van der Waals surface area contributed by atoms with E-state index in [0.29, 0.717) is 0 Å². The van der Waals surface area contributed by atoms with Gasteiger partial charge in [-0.25, -0.2) is 0 Å². The molecule has 400 valence electrons. The Morgan fingerprint density at radius 1 is 0.671 bits per heavy atom. The van der Waals surface area contributed by atoms with Gasteiger partial charge in [-0.2, -0.15) is 8.42 Å². The second kappa shape index (κ2) is 30.5. The molecule has 22 nitrogen and oxygen atoms in total. The Kier molecular flexibility index (Phi) is 27.2. The lowest BCUT2D eigenvalue weighted by Crippen LogP contribution is -2.61. The van der Waals surface area contributed by atoms with Crippen LogP contribution in [0, 0.1) is 17.8 Å². The molecular weight excluding hydrogens is 947 g/mol. The molecule has 3 aliphatic rings. The van der Waals surface area contributed by atoms with E-state index < -0.39 is 151 Å². The van der Waals surface area contributed by atoms with Crippen LogP contribution in [0.2, 0.25) is 0 Å². The van der Waals surface area contributed by atoms with Gasteiger partial charge in [-0.3, -0.25) is 18.7 Å². The monoisotopic (exact) mass is 1020 g/mol. The van der Waals surface area contributed by atoms with E-state index in [4.69, 9.17) is 42.2 Å². The molecular formula is C47H75NO21S. The van der Waals surface area contributed by atoms with Gasteiger partial charge in [0.05, 0.1) is 79.6 Å². The number of aliphatic hydroxyl groups excluding tert-OH is 9. The van der Waals surface area contributed by atoms with Crippen LogP contribution in [0.4, 0.5) is 0 Å². The molecule has 15 N–H and O–H groups in total. The van der Waals surface area contributed by atoms with Crippen molar-refractivity contribution in [1.82, 2.24) is 0 Å². The van der Waals surface area contributed by atoms with Crippen molar-refractivity contribution in [3.63, 3.8) is 0 Å². The Bertz CT molecular complexity index is 1900. The topological polar surface area (TPSA) is 394 Å². The van der Waals surface area contributed by atoms with Crippen molar-refractivity contribution < 1.29 is 102 Å². The van der Waals surface area contributed by atoms with Gasteiger partial charge in [0.25, 0.3) is 0 Å². The molecule has 0 aliphatic carbocycles. The highest BCUT2D eigenvalue weighted by Gasteiger charge is 2.51. The predicted octanol–water partition coefficient (Wildman–Crippen LogP) is 0.0589. The lowest BCUT2D eigenvalue weighted by molar-refractivity contribution is -0.310. The SMILES string of the molecule is C[C@@H]1[C@H](O)[C@@H](C)\C=C/C=C/C=C/C=C/C=C/C=C/C=C/[C@H](O[C@@H]2O[C@H](C)[C@@H](O)[C@H](N)[C@@H]2O)CC2O[C@](O)(CC(O)C(O)CCC(O)CC(O)CC(O)CC(=O)O[C@H]1C)CC(O)C2C(=O)O.O=S(=O)(O)O. The minimum atomic E-state index is -4.67. The second-order valence-corrected chi connectivity index (χ2v) is 18.9. The van der Waals surface area contributed by atoms with Crippen LogP contribution in [-0.2, 0) is 38.9 Å². The van der Waals surface area contributed by atoms with Crippen molar-refractivity contribution >= 4 is 22.3 Å². The standard InChI is InChI=1S/C47H73NO17.H2O4S/c1-27-17-15-13-11-9-7-5-6-8-10-12-14-16-18-34(64-46-44(58)41(48)43(57)30(4)63-46)24-38-40(45(59)60)37(54)26-47(61,65-38)25-36(53)35(52)20-19-31(49)21-32(50)22-33(51)23-39(55)62-29(3)28(2)42(27)56;1-5(2,3)4/h5-18,27-38,40-44,46,49-54,56-58,61H,19-26,48H2,1-4H3,(H,59,60);(H2,1,2,3,4)/b6-5+,9-7+,10-8+,13-11+,14-12+,17-15-,18-16+;/t27-,28-,29-,30+,31?,32?,33?,34-,35?,36?,37?,38?,40?,41-,42+,43+,44-,46-,47+;/m0./s1. The number of aliphatic hydroxyl groups is 10. The van der Waals surface area contributed by atoms with Gasteiger partial charge < -0.3 is 80.9 Å². The smallest absolute Gasteiger partial charge is 0.394 e. The fourth-order valence-electron chi connectivity index (χ4n) is 7.96. The number of carbonyl (C=O) groups is 2. The Morgan fingerprint density at radius 2 is 1.17 bits per heavy atom. The van der Waals surface area contributed by atoms with Crippen LogP contribution in [0.15, 0.2) is 85.1 Å². The number of hydrogen-bond donors (Lipinski definition) is 14. The van der Waals surface area contributed by atoms with Crippen molar-refractivity contribution in [1.29, 1.82) is 0 Å². The Balaban J connectivity index is 0.00000319. The molecule has 3 heterocycles. The van der Waals surface area contributed by atoms with Gasteiger partial charge in [-0.1, -0.05) is 98.9 Å². The number of rotatable bonds is 3. The number of carbonyl (C=O) groups excluding carboxylic acids is 1. The number of aliphatic carboxylic acids is 1. The fraction of sp³-hybridized carbons (Fsp3) is 0.660. The van der Waals surface area contributed by atoms with Gasteiger partial charge in [-0.15, -0.1) is 0 Å². The molecule has 2 bridgehead atoms. The molecule has 8 unspecified atom stereocenters. The molecule has 70 heavy (non-hydrogen) atoms. The highest BCUT2D eigenvalue weighted by Crippen LogP contribution is 2.38. The van der Waals surface area contributed by atoms with Crippen LogP contribution in [0.3, 0.4) is 0 Å². The second-order valence-electron chi connectivity index (χ2n) is 18.0. The van der Waals surface area contributed by atoms with Gasteiger partial charge in [0.1, 0.15) is 18.1 Å². The highest BCUT2D eigenvalue weighted by molar-refractivity contribution is 7.79. The van der Waals surface area contributed by atoms with E-state index in [1.54, 1.807) is 86.8 Å². The van der Waals surface area contributed by atoms with Crippen molar-refractivity contribution in [2.75, 3.05) is 0 Å². The third kappa shape index (κ3) is 23.3. The van der Waals surface area contributed by atoms with Crippen molar-refractivity contribution in [3.05, 3.63) is 85.1 Å². The van der Waals surface area contributed by atoms with Gasteiger partial charge in [-0.05, 0) is 39.5 Å². The predicted molar refractivity (Wildman–Crippen MR) is 251 cm³/mol. The largest absolute Gasteiger partial charge is 0.481 e. The quantitative estimate of drug-likeness (QED) is 0.131. The van der Waals surface area contributed by atoms with E-state index in [1.807, 2.05) is 13.0 Å². The molecule has 3 aliphatic heterocycles. The third-order valence-corrected chi connectivity index (χ3v) is 12.0. The number of ether oxygens (including phenoxy) is 4. The van der Waals surface area contributed by atoms with Crippen LogP contribution < -0.4 is 5.73 Å². The summed E-state index contributed by atoms with van der Waals surface area (Å²) < 4.78 is 54.7. The van der Waals surface area contributed by atoms with Crippen molar-refractivity contribution in [2.24, 2.45) is 23.5 Å². The first-order valence-electron chi connectivity index (χ1n) is 23.0. The van der Waals surface area contributed by atoms with Gasteiger partial charge >= 0.3 is 22.3 Å². The van der Waals surface area contributed by atoms with E-state index >= 15 is 0 Å². The number of esters is 1. The molecule has 0 aromatic carbocycles. The first kappa shape index (κ1) is 62.5. The molecule has 0 saturated carbocycles. The lowest BCUT2D eigenvalue weighted by atomic mass is 9.82. The number of carboxylic acids is 1. The van der Waals surface area contributed by atoms with Crippen LogP contribution in [0.5, 0.6) is 0 Å². The number of carboxylic acid groups (broad SMARTS) is 1. The molecule has 2 saturated heterocycles. The summed E-state index contributed by atoms with van der Waals surface area (Å²) in [7, 11) is -4.67. The van der Waals surface area contributed by atoms with Gasteiger partial charge in [0.2, 0.25) is 0 Å². The minimum Gasteiger partial charge on any atom is -0.481 e. The van der Waals surface area contributed by atoms with E-state index in [-0.39, 0.29) is 38.0 Å². The number of nitrogens with two attached hydrogens (primary N) is 1. The van der Waals surface area contributed by atoms with Crippen LogP contribution in [0.25, 0.3) is 0 Å². The first-order valence-corrected chi connectivity index (χ1v) is 24.4. The zero-order valence-electron chi connectivity index (χ0n) is 39.7. The molecule has 19 atom stereocenters. The minimum absolute atomic E-state index is 0.140. The van der Waals surface area contributed by atoms with Crippen molar-refractivity contribution in [3.8, 4) is 0 Å². The molecule has 0 spiro atoms. The molecule has 0 amide bonds. The summed E-state index contributed by atoms with van der Waals surface area (Å²) in [5.41, 5.74) is 6.02. The normalized spacial score (nSPS) is 43.1. The van der Waals surface area contributed by atoms with Gasteiger partial charge in [0.15, 0.2) is 12.1 Å². The van der Waals surface area contributed by atoms with Crippen molar-refractivity contribution in [2.45, 2.75) is 177 Å². The summed E-state index contributed by atoms with van der Waals surface area (Å²) in [6, 6.07) is -1.15. The molecule has 23 heteroatoms. The van der Waals surface area contributed by atoms with E-state index in [2.05, 4.69) is 0 Å². The maximum absolute atomic E-state index is 12.6. The van der Waals surface area contributed by atoms with Crippen LogP contribution in [0.1, 0.15) is 79.1 Å². The summed E-state index contributed by atoms with van der Waals surface area (Å²) >= 11 is 0. The average molecular weight is 1020 g/mol. The maximum atomic E-state index is 12.6. The first-order chi connectivity index (χ1) is 32.6. The Labute approximate surface area is 408 Å². The number of fused-ring (bicyclic) bond motifs is 2. The fourth-order valence-corrected chi connectivity index (χ4v) is 7.96. The molecule has 0 aromatic rings. The van der Waals surface area contributed by atoms with E-state index in [0.717, 1.165) is 0 Å². The van der Waals surface area contributed by atoms with E-state index in [1.165, 1.54) is 13.0 Å². The van der Waals surface area contributed by atoms with E-state index in [9.17, 15) is 65.8 Å². The third-order valence-electron chi connectivity index (χ3n) is 12.0. The highest BCUT2D eigenvalue weighted by atomic mass is 32.3. The number of hydrogen-bond acceptors (Lipinski definition) is 19. The molecule has 2 fully saturated rings. The zero-order valence-corrected chi connectivity index (χ0v) is 40.5. The zero-order chi connectivity index (χ0) is 52.9. The maximum Gasteiger partial charge on any atom is 0.394 e. The molecule has 3 rings (SSSR count). The number of allylic oxidation sites excluding steroid dienone is 12. The summed E-state index contributed by atoms with van der Waals surface area (Å²) in [5.74, 6) is -6.88. The average Bonchev–Trinajstić information content (AvgIpc) is 3.24. The summed E-state index contributed by atoms with van der Waals surface area (Å²) in [4.78, 5) is 25.1.